The molecule has 0 aromatic carbocycles. The monoisotopic (exact) mass is 264 g/mol. The molecule has 96 valence electrons. The van der Waals surface area contributed by atoms with E-state index in [0.29, 0.717) is 5.92 Å². The number of hydrogen-bond acceptors (Lipinski definition) is 2. The van der Waals surface area contributed by atoms with Gasteiger partial charge in [0.15, 0.2) is 0 Å². The molecule has 0 bridgehead atoms. The van der Waals surface area contributed by atoms with Gasteiger partial charge in [-0.05, 0) is 32.1 Å². The van der Waals surface area contributed by atoms with E-state index in [4.69, 9.17) is 11.2 Å². The maximum absolute atomic E-state index is 11.6. The molecular formula is C12H24O2S2. The summed E-state index contributed by atoms with van der Waals surface area (Å²) >= 11 is 4.72. The summed E-state index contributed by atoms with van der Waals surface area (Å²) in [5.41, 5.74) is 0. The summed E-state index contributed by atoms with van der Waals surface area (Å²) < 4.78 is 21.1. The molecule has 1 N–H and O–H groups in total. The summed E-state index contributed by atoms with van der Waals surface area (Å²) in [5.74, 6) is 0.483. The van der Waals surface area contributed by atoms with Crippen molar-refractivity contribution in [1.82, 2.24) is 0 Å². The van der Waals surface area contributed by atoms with Crippen LogP contribution in [0.5, 0.6) is 0 Å². The fraction of sp³-hybridized carbons (Fsp3) is 0.833. The van der Waals surface area contributed by atoms with Crippen LogP contribution in [0.15, 0.2) is 12.2 Å². The Balaban J connectivity index is 4.33. The van der Waals surface area contributed by atoms with Crippen LogP contribution in [0.4, 0.5) is 0 Å². The van der Waals surface area contributed by atoms with Crippen molar-refractivity contribution >= 4 is 20.0 Å². The van der Waals surface area contributed by atoms with Crippen LogP contribution in [0.25, 0.3) is 0 Å². The van der Waals surface area contributed by atoms with E-state index in [2.05, 4.69) is 13.8 Å². The largest absolute Gasteiger partial charge is 0.305 e. The summed E-state index contributed by atoms with van der Waals surface area (Å²) in [4.78, 5) is 0. The van der Waals surface area contributed by atoms with Crippen LogP contribution >= 0.6 is 0 Å². The van der Waals surface area contributed by atoms with E-state index in [9.17, 15) is 8.76 Å². The third-order valence-corrected chi connectivity index (χ3v) is 4.85. The van der Waals surface area contributed by atoms with E-state index in [1.807, 2.05) is 19.1 Å². The van der Waals surface area contributed by atoms with Crippen LogP contribution in [-0.4, -0.2) is 14.0 Å². The molecule has 0 heterocycles. The van der Waals surface area contributed by atoms with Crippen molar-refractivity contribution in [2.75, 3.05) is 0 Å². The molecule has 0 fully saturated rings. The van der Waals surface area contributed by atoms with Crippen molar-refractivity contribution < 1.29 is 8.76 Å². The average molecular weight is 264 g/mol. The predicted molar refractivity (Wildman–Crippen MR) is 74.7 cm³/mol. The first-order valence-electron chi connectivity index (χ1n) is 5.99. The van der Waals surface area contributed by atoms with Crippen LogP contribution in [0.2, 0.25) is 0 Å². The third kappa shape index (κ3) is 7.36. The molecule has 0 aliphatic carbocycles. The van der Waals surface area contributed by atoms with E-state index in [1.54, 1.807) is 0 Å². The summed E-state index contributed by atoms with van der Waals surface area (Å²) in [6, 6.07) is 0. The highest BCUT2D eigenvalue weighted by molar-refractivity contribution is 8.30. The molecule has 3 atom stereocenters. The topological polar surface area (TPSA) is 37.3 Å². The van der Waals surface area contributed by atoms with Crippen molar-refractivity contribution in [1.29, 1.82) is 0 Å². The second-order valence-electron chi connectivity index (χ2n) is 4.41. The van der Waals surface area contributed by atoms with Gasteiger partial charge in [0.05, 0.1) is 5.25 Å². The van der Waals surface area contributed by atoms with Gasteiger partial charge in [-0.2, -0.15) is 0 Å². The fourth-order valence-corrected chi connectivity index (χ4v) is 3.43. The maximum Gasteiger partial charge on any atom is 0.144 e. The van der Waals surface area contributed by atoms with Gasteiger partial charge in [-0.25, -0.2) is 4.21 Å². The first kappa shape index (κ1) is 16.1. The lowest BCUT2D eigenvalue weighted by atomic mass is 9.98. The first-order chi connectivity index (χ1) is 7.41. The van der Waals surface area contributed by atoms with Gasteiger partial charge in [0.25, 0.3) is 0 Å². The molecule has 1 unspecified atom stereocenters. The minimum Gasteiger partial charge on any atom is -0.305 e. The summed E-state index contributed by atoms with van der Waals surface area (Å²) in [6.07, 6.45) is 8.54. The molecule has 0 aliphatic rings. The van der Waals surface area contributed by atoms with Crippen LogP contribution in [-0.2, 0) is 20.0 Å². The smallest absolute Gasteiger partial charge is 0.144 e. The average Bonchev–Trinajstić information content (AvgIpc) is 2.15. The van der Waals surface area contributed by atoms with Crippen LogP contribution < -0.4 is 0 Å². The SMILES string of the molecule is C/C=C\CC[C@H](C[C@@H](C)CCC)S(=O)(O)=S. The third-order valence-electron chi connectivity index (χ3n) is 2.76. The lowest BCUT2D eigenvalue weighted by Gasteiger charge is -2.19. The predicted octanol–water partition coefficient (Wildman–Crippen LogP) is 3.76. The van der Waals surface area contributed by atoms with E-state index in [-0.39, 0.29) is 5.25 Å². The molecule has 16 heavy (non-hydrogen) atoms. The maximum atomic E-state index is 11.6. The van der Waals surface area contributed by atoms with Crippen molar-refractivity contribution in [2.24, 2.45) is 5.92 Å². The van der Waals surface area contributed by atoms with E-state index in [0.717, 1.165) is 32.1 Å². The zero-order chi connectivity index (χ0) is 12.6. The molecule has 0 aromatic rings. The zero-order valence-electron chi connectivity index (χ0n) is 10.5. The van der Waals surface area contributed by atoms with Crippen molar-refractivity contribution in [3.05, 3.63) is 12.2 Å². The van der Waals surface area contributed by atoms with Gasteiger partial charge >= 0.3 is 0 Å². The highest BCUT2D eigenvalue weighted by atomic mass is 32.8. The second-order valence-corrected chi connectivity index (χ2v) is 7.54. The van der Waals surface area contributed by atoms with Crippen molar-refractivity contribution in [3.8, 4) is 0 Å². The van der Waals surface area contributed by atoms with Crippen LogP contribution in [0, 0.1) is 5.92 Å². The number of rotatable bonds is 8. The van der Waals surface area contributed by atoms with Gasteiger partial charge in [-0.3, -0.25) is 0 Å². The zero-order valence-corrected chi connectivity index (χ0v) is 12.1. The number of allylic oxidation sites excluding steroid dienone is 2. The Morgan fingerprint density at radius 1 is 1.44 bits per heavy atom. The highest BCUT2D eigenvalue weighted by Gasteiger charge is 2.21. The van der Waals surface area contributed by atoms with Gasteiger partial charge in [-0.1, -0.05) is 38.8 Å². The Labute approximate surface area is 105 Å². The van der Waals surface area contributed by atoms with Gasteiger partial charge < -0.3 is 4.55 Å². The lowest BCUT2D eigenvalue weighted by molar-refractivity contribution is 0.446. The lowest BCUT2D eigenvalue weighted by Crippen LogP contribution is -2.22. The quantitative estimate of drug-likeness (QED) is 0.678. The molecule has 0 amide bonds. The highest BCUT2D eigenvalue weighted by Crippen LogP contribution is 2.21. The number of hydrogen-bond donors (Lipinski definition) is 1. The molecule has 0 spiro atoms. The van der Waals surface area contributed by atoms with E-state index in [1.165, 1.54) is 0 Å². The first-order valence-corrected chi connectivity index (χ1v) is 8.49. The molecule has 0 aliphatic heterocycles. The summed E-state index contributed by atoms with van der Waals surface area (Å²) in [7, 11) is -3.06. The second kappa shape index (κ2) is 8.20. The molecule has 0 aromatic heterocycles. The standard InChI is InChI=1S/C12H24O2S2/c1-4-6-7-9-12(16(13,14)15)10-11(3)8-5-2/h4,6,11-12H,5,7-10H2,1-3H3,(H,13,14,15)/b6-4-/t11-,12+/m0/s1. The van der Waals surface area contributed by atoms with Gasteiger partial charge in [0, 0.05) is 11.2 Å². The Bertz CT molecular complexity index is 294. The van der Waals surface area contributed by atoms with Gasteiger partial charge in [0.1, 0.15) is 8.77 Å². The van der Waals surface area contributed by atoms with Gasteiger partial charge in [-0.15, -0.1) is 0 Å². The molecule has 0 saturated heterocycles. The van der Waals surface area contributed by atoms with Gasteiger partial charge in [0.2, 0.25) is 0 Å². The Hall–Kier alpha value is 0.0700. The minimum atomic E-state index is -3.06. The summed E-state index contributed by atoms with van der Waals surface area (Å²) in [5, 5.41) is -0.236. The van der Waals surface area contributed by atoms with Crippen LogP contribution in [0.1, 0.15) is 52.9 Å². The molecule has 0 radical (unpaired) electrons. The normalized spacial score (nSPS) is 19.5. The molecule has 0 rings (SSSR count). The van der Waals surface area contributed by atoms with Crippen molar-refractivity contribution in [3.63, 3.8) is 0 Å². The van der Waals surface area contributed by atoms with Crippen molar-refractivity contribution in [2.45, 2.75) is 58.1 Å². The van der Waals surface area contributed by atoms with E-state index >= 15 is 0 Å². The molecular weight excluding hydrogens is 240 g/mol. The Morgan fingerprint density at radius 2 is 2.06 bits per heavy atom. The minimum absolute atomic E-state index is 0.236. The van der Waals surface area contributed by atoms with Crippen LogP contribution in [0.3, 0.4) is 0 Å². The molecule has 0 saturated carbocycles. The molecule has 2 nitrogen and oxygen atoms in total. The molecule has 4 heteroatoms. The Morgan fingerprint density at radius 3 is 2.50 bits per heavy atom. The fourth-order valence-electron chi connectivity index (χ4n) is 1.90. The van der Waals surface area contributed by atoms with E-state index < -0.39 is 8.77 Å². The summed E-state index contributed by atoms with van der Waals surface area (Å²) in [6.45, 7) is 6.22. The Kier molecular flexibility index (Phi) is 8.24.